The van der Waals surface area contributed by atoms with E-state index in [9.17, 15) is 9.59 Å². The number of Topliss-reactive ketones (excluding diaryl/α,β-unsaturated/α-hetero) is 2. The number of benzene rings is 2. The fourth-order valence-corrected chi connectivity index (χ4v) is 2.12. The molecule has 0 saturated heterocycles. The van der Waals surface area contributed by atoms with E-state index in [0.717, 1.165) is 0 Å². The first-order valence-corrected chi connectivity index (χ1v) is 6.57. The largest absolute Gasteiger partial charge is 0.319 e. The second-order valence-electron chi connectivity index (χ2n) is 4.57. The third-order valence-electron chi connectivity index (χ3n) is 3.16. The maximum absolute atomic E-state index is 12.5. The van der Waals surface area contributed by atoms with Gasteiger partial charge in [-0.15, -0.1) is 0 Å². The van der Waals surface area contributed by atoms with Crippen LogP contribution in [-0.4, -0.2) is 25.2 Å². The average molecular weight is 267 g/mol. The van der Waals surface area contributed by atoms with Crippen LogP contribution in [0.1, 0.15) is 20.7 Å². The van der Waals surface area contributed by atoms with Crippen molar-refractivity contribution in [3.8, 4) is 0 Å². The average Bonchev–Trinajstić information content (AvgIpc) is 2.53. The van der Waals surface area contributed by atoms with Gasteiger partial charge in [0.1, 0.15) is 0 Å². The number of rotatable bonds is 6. The maximum atomic E-state index is 12.5. The molecule has 102 valence electrons. The molecule has 0 fully saturated rings. The van der Waals surface area contributed by atoms with E-state index in [1.54, 1.807) is 55.6 Å². The lowest BCUT2D eigenvalue weighted by Gasteiger charge is -2.14. The molecule has 0 spiro atoms. The van der Waals surface area contributed by atoms with Gasteiger partial charge in [0.25, 0.3) is 0 Å². The predicted molar refractivity (Wildman–Crippen MR) is 79.0 cm³/mol. The van der Waals surface area contributed by atoms with Gasteiger partial charge in [0, 0.05) is 17.7 Å². The molecule has 0 heterocycles. The zero-order valence-corrected chi connectivity index (χ0v) is 11.4. The van der Waals surface area contributed by atoms with Gasteiger partial charge < -0.3 is 5.32 Å². The van der Waals surface area contributed by atoms with Gasteiger partial charge in [0.2, 0.25) is 0 Å². The molecule has 0 amide bonds. The number of hydrogen-bond acceptors (Lipinski definition) is 3. The summed E-state index contributed by atoms with van der Waals surface area (Å²) in [7, 11) is 1.74. The minimum atomic E-state index is -0.690. The Morgan fingerprint density at radius 1 is 0.850 bits per heavy atom. The van der Waals surface area contributed by atoms with Crippen molar-refractivity contribution < 1.29 is 9.59 Å². The molecule has 2 rings (SSSR count). The zero-order chi connectivity index (χ0) is 14.4. The highest BCUT2D eigenvalue weighted by molar-refractivity contribution is 6.16. The van der Waals surface area contributed by atoms with Gasteiger partial charge in [-0.1, -0.05) is 60.7 Å². The fraction of sp³-hybridized carbons (Fsp3) is 0.176. The van der Waals surface area contributed by atoms with E-state index in [-0.39, 0.29) is 11.6 Å². The molecular weight excluding hydrogens is 250 g/mol. The van der Waals surface area contributed by atoms with E-state index in [1.807, 2.05) is 12.1 Å². The molecule has 3 heteroatoms. The molecule has 20 heavy (non-hydrogen) atoms. The number of carbonyl (C=O) groups excluding carboxylic acids is 2. The molecule has 0 radical (unpaired) electrons. The normalized spacial score (nSPS) is 10.5. The van der Waals surface area contributed by atoms with Gasteiger partial charge in [0.15, 0.2) is 11.6 Å². The monoisotopic (exact) mass is 267 g/mol. The van der Waals surface area contributed by atoms with Crippen LogP contribution in [0.2, 0.25) is 0 Å². The quantitative estimate of drug-likeness (QED) is 0.646. The van der Waals surface area contributed by atoms with Crippen LogP contribution in [0, 0.1) is 5.92 Å². The van der Waals surface area contributed by atoms with Crippen molar-refractivity contribution in [2.75, 3.05) is 13.6 Å². The van der Waals surface area contributed by atoms with Crippen molar-refractivity contribution >= 4 is 11.6 Å². The zero-order valence-electron chi connectivity index (χ0n) is 11.4. The molecule has 2 aromatic rings. The highest BCUT2D eigenvalue weighted by Crippen LogP contribution is 2.14. The second-order valence-corrected chi connectivity index (χ2v) is 4.57. The number of ketones is 2. The molecule has 0 unspecified atom stereocenters. The van der Waals surface area contributed by atoms with Gasteiger partial charge in [-0.3, -0.25) is 9.59 Å². The van der Waals surface area contributed by atoms with Crippen LogP contribution in [0.3, 0.4) is 0 Å². The van der Waals surface area contributed by atoms with E-state index in [4.69, 9.17) is 0 Å². The molecule has 3 nitrogen and oxygen atoms in total. The van der Waals surface area contributed by atoms with Crippen molar-refractivity contribution in [1.82, 2.24) is 5.32 Å². The summed E-state index contributed by atoms with van der Waals surface area (Å²) < 4.78 is 0. The molecule has 0 aliphatic rings. The standard InChI is InChI=1S/C17H17NO2/c1-18-12-15(16(19)13-8-4-2-5-9-13)17(20)14-10-6-3-7-11-14/h2-11,15,18H,12H2,1H3. The van der Waals surface area contributed by atoms with Gasteiger partial charge in [-0.05, 0) is 7.05 Å². The summed E-state index contributed by atoms with van der Waals surface area (Å²) in [6.07, 6.45) is 0. The van der Waals surface area contributed by atoms with Gasteiger partial charge in [0.05, 0.1) is 5.92 Å². The van der Waals surface area contributed by atoms with Gasteiger partial charge in [-0.2, -0.15) is 0 Å². The lowest BCUT2D eigenvalue weighted by molar-refractivity contribution is 0.0808. The summed E-state index contributed by atoms with van der Waals surface area (Å²) >= 11 is 0. The molecule has 0 atom stereocenters. The van der Waals surface area contributed by atoms with Crippen LogP contribution in [0.25, 0.3) is 0 Å². The number of hydrogen-bond donors (Lipinski definition) is 1. The summed E-state index contributed by atoms with van der Waals surface area (Å²) in [4.78, 5) is 25.0. The van der Waals surface area contributed by atoms with Crippen LogP contribution in [0.5, 0.6) is 0 Å². The van der Waals surface area contributed by atoms with E-state index < -0.39 is 5.92 Å². The van der Waals surface area contributed by atoms with Crippen molar-refractivity contribution in [3.63, 3.8) is 0 Å². The van der Waals surface area contributed by atoms with Crippen molar-refractivity contribution in [2.45, 2.75) is 0 Å². The lowest BCUT2D eigenvalue weighted by atomic mass is 9.90. The smallest absolute Gasteiger partial charge is 0.174 e. The molecular formula is C17H17NO2. The van der Waals surface area contributed by atoms with Crippen molar-refractivity contribution in [3.05, 3.63) is 71.8 Å². The Morgan fingerprint density at radius 2 is 1.25 bits per heavy atom. The van der Waals surface area contributed by atoms with Crippen molar-refractivity contribution in [2.24, 2.45) is 5.92 Å². The summed E-state index contributed by atoms with van der Waals surface area (Å²) in [6.45, 7) is 0.335. The van der Waals surface area contributed by atoms with Crippen molar-refractivity contribution in [1.29, 1.82) is 0 Å². The Labute approximate surface area is 118 Å². The minimum Gasteiger partial charge on any atom is -0.319 e. The Bertz CT molecular complexity index is 527. The maximum Gasteiger partial charge on any atom is 0.174 e. The summed E-state index contributed by atoms with van der Waals surface area (Å²) in [5.74, 6) is -0.979. The van der Waals surface area contributed by atoms with Crippen LogP contribution in [-0.2, 0) is 0 Å². The second kappa shape index (κ2) is 6.78. The molecule has 1 N–H and O–H groups in total. The molecule has 2 aromatic carbocycles. The van der Waals surface area contributed by atoms with Gasteiger partial charge >= 0.3 is 0 Å². The van der Waals surface area contributed by atoms with Gasteiger partial charge in [-0.25, -0.2) is 0 Å². The van der Waals surface area contributed by atoms with Crippen LogP contribution in [0.4, 0.5) is 0 Å². The highest BCUT2D eigenvalue weighted by atomic mass is 16.2. The van der Waals surface area contributed by atoms with Crippen LogP contribution in [0.15, 0.2) is 60.7 Å². The third kappa shape index (κ3) is 3.19. The van der Waals surface area contributed by atoms with Crippen LogP contribution >= 0.6 is 0 Å². The Hall–Kier alpha value is -2.26. The first-order valence-electron chi connectivity index (χ1n) is 6.57. The Balaban J connectivity index is 2.27. The van der Waals surface area contributed by atoms with Crippen LogP contribution < -0.4 is 5.32 Å². The predicted octanol–water partition coefficient (Wildman–Crippen LogP) is 2.59. The summed E-state index contributed by atoms with van der Waals surface area (Å²) in [5.41, 5.74) is 1.13. The molecule has 0 bridgehead atoms. The van der Waals surface area contributed by atoms with E-state index in [1.165, 1.54) is 0 Å². The molecule has 0 aromatic heterocycles. The molecule has 0 aliphatic heterocycles. The van der Waals surface area contributed by atoms with E-state index >= 15 is 0 Å². The van der Waals surface area contributed by atoms with E-state index in [2.05, 4.69) is 5.32 Å². The minimum absolute atomic E-state index is 0.145. The SMILES string of the molecule is CNCC(C(=O)c1ccccc1)C(=O)c1ccccc1. The summed E-state index contributed by atoms with van der Waals surface area (Å²) in [5, 5.41) is 2.93. The Morgan fingerprint density at radius 3 is 1.60 bits per heavy atom. The summed E-state index contributed by atoms with van der Waals surface area (Å²) in [6, 6.07) is 17.9. The first kappa shape index (κ1) is 14.2. The number of carbonyl (C=O) groups is 2. The Kier molecular flexibility index (Phi) is 4.80. The third-order valence-corrected chi connectivity index (χ3v) is 3.16. The highest BCUT2D eigenvalue weighted by Gasteiger charge is 2.27. The van der Waals surface area contributed by atoms with E-state index in [0.29, 0.717) is 17.7 Å². The lowest BCUT2D eigenvalue weighted by Crippen LogP contribution is -2.33. The molecule has 0 saturated carbocycles. The topological polar surface area (TPSA) is 46.2 Å². The fourth-order valence-electron chi connectivity index (χ4n) is 2.12. The number of nitrogens with one attached hydrogen (secondary N) is 1. The molecule has 0 aliphatic carbocycles. The first-order chi connectivity index (χ1) is 9.74.